The van der Waals surface area contributed by atoms with Gasteiger partial charge in [0, 0.05) is 31.7 Å². The first kappa shape index (κ1) is 23.5. The number of carbonyl (C=O) groups is 3. The SMILES string of the molecule is CC(C)(C)OC(=O)N1CCC(NCc2ccc(-n3c(N)c4c(cc3=O)C(=O)NC4=O)cc2)CC1. The lowest BCUT2D eigenvalue weighted by Gasteiger charge is -2.33. The number of fused-ring (bicyclic) bond motifs is 1. The summed E-state index contributed by atoms with van der Waals surface area (Å²) in [5.41, 5.74) is 6.64. The monoisotopic (exact) mass is 467 g/mol. The van der Waals surface area contributed by atoms with Crippen LogP contribution in [0, 0.1) is 0 Å². The molecule has 0 radical (unpaired) electrons. The number of likely N-dealkylation sites (tertiary alicyclic amines) is 1. The highest BCUT2D eigenvalue weighted by atomic mass is 16.6. The summed E-state index contributed by atoms with van der Waals surface area (Å²) in [6, 6.07) is 8.67. The summed E-state index contributed by atoms with van der Waals surface area (Å²) in [4.78, 5) is 50.4. The van der Waals surface area contributed by atoms with Gasteiger partial charge in [0.25, 0.3) is 17.4 Å². The van der Waals surface area contributed by atoms with Gasteiger partial charge in [-0.3, -0.25) is 24.3 Å². The van der Waals surface area contributed by atoms with Crippen LogP contribution in [-0.2, 0) is 11.3 Å². The Morgan fingerprint density at radius 3 is 2.38 bits per heavy atom. The first-order chi connectivity index (χ1) is 16.0. The highest BCUT2D eigenvalue weighted by Crippen LogP contribution is 2.23. The number of rotatable bonds is 4. The van der Waals surface area contributed by atoms with Crippen molar-refractivity contribution in [3.63, 3.8) is 0 Å². The second-order valence-electron chi connectivity index (χ2n) is 9.56. The van der Waals surface area contributed by atoms with Crippen LogP contribution >= 0.6 is 0 Å². The fraction of sp³-hybridized carbons (Fsp3) is 0.417. The summed E-state index contributed by atoms with van der Waals surface area (Å²) in [5.74, 6) is -1.28. The van der Waals surface area contributed by atoms with Crippen LogP contribution in [0.3, 0.4) is 0 Å². The smallest absolute Gasteiger partial charge is 0.410 e. The van der Waals surface area contributed by atoms with Gasteiger partial charge in [-0.2, -0.15) is 0 Å². The highest BCUT2D eigenvalue weighted by molar-refractivity contribution is 6.23. The van der Waals surface area contributed by atoms with Crippen molar-refractivity contribution >= 4 is 23.7 Å². The number of ether oxygens (including phenoxy) is 1. The largest absolute Gasteiger partial charge is 0.444 e. The molecule has 0 spiro atoms. The number of imide groups is 1. The minimum Gasteiger partial charge on any atom is -0.444 e. The van der Waals surface area contributed by atoms with Gasteiger partial charge in [-0.05, 0) is 51.3 Å². The Bertz CT molecular complexity index is 1190. The molecule has 1 fully saturated rings. The summed E-state index contributed by atoms with van der Waals surface area (Å²) >= 11 is 0. The van der Waals surface area contributed by atoms with Crippen molar-refractivity contribution in [2.75, 3.05) is 18.8 Å². The third-order valence-corrected chi connectivity index (χ3v) is 5.89. The Kier molecular flexibility index (Phi) is 6.18. The van der Waals surface area contributed by atoms with Gasteiger partial charge >= 0.3 is 6.09 Å². The van der Waals surface area contributed by atoms with Gasteiger partial charge in [0.2, 0.25) is 0 Å². The first-order valence-electron chi connectivity index (χ1n) is 11.3. The highest BCUT2D eigenvalue weighted by Gasteiger charge is 2.32. The third kappa shape index (κ3) is 4.81. The topological polar surface area (TPSA) is 136 Å². The Labute approximate surface area is 197 Å². The molecule has 0 atom stereocenters. The Balaban J connectivity index is 1.37. The van der Waals surface area contributed by atoms with E-state index in [1.54, 1.807) is 17.0 Å². The number of piperidine rings is 1. The van der Waals surface area contributed by atoms with Crippen LogP contribution in [0.25, 0.3) is 5.69 Å². The molecule has 1 aromatic carbocycles. The fourth-order valence-electron chi connectivity index (χ4n) is 4.16. The van der Waals surface area contributed by atoms with E-state index in [1.807, 2.05) is 32.9 Å². The molecule has 0 bridgehead atoms. The normalized spacial score (nSPS) is 16.4. The lowest BCUT2D eigenvalue weighted by atomic mass is 10.0. The second-order valence-corrected chi connectivity index (χ2v) is 9.56. The molecule has 3 amide bonds. The molecular formula is C24H29N5O5. The third-order valence-electron chi connectivity index (χ3n) is 5.89. The molecule has 180 valence electrons. The summed E-state index contributed by atoms with van der Waals surface area (Å²) in [7, 11) is 0. The number of benzene rings is 1. The minimum atomic E-state index is -0.616. The number of nitrogens with two attached hydrogens (primary N) is 1. The van der Waals surface area contributed by atoms with E-state index in [9.17, 15) is 19.2 Å². The van der Waals surface area contributed by atoms with Gasteiger partial charge in [0.15, 0.2) is 0 Å². The number of hydrogen-bond donors (Lipinski definition) is 3. The lowest BCUT2D eigenvalue weighted by molar-refractivity contribution is 0.0198. The molecular weight excluding hydrogens is 438 g/mol. The predicted molar refractivity (Wildman–Crippen MR) is 126 cm³/mol. The molecule has 1 saturated heterocycles. The van der Waals surface area contributed by atoms with E-state index in [4.69, 9.17) is 10.5 Å². The number of aromatic nitrogens is 1. The second kappa shape index (κ2) is 8.94. The maximum absolute atomic E-state index is 12.6. The summed E-state index contributed by atoms with van der Waals surface area (Å²) in [6.45, 7) is 7.48. The Morgan fingerprint density at radius 1 is 1.12 bits per heavy atom. The van der Waals surface area contributed by atoms with Crippen LogP contribution < -0.4 is 21.9 Å². The van der Waals surface area contributed by atoms with Gasteiger partial charge in [-0.25, -0.2) is 4.79 Å². The van der Waals surface area contributed by atoms with Gasteiger partial charge in [-0.15, -0.1) is 0 Å². The lowest BCUT2D eigenvalue weighted by Crippen LogP contribution is -2.46. The molecule has 10 heteroatoms. The number of amides is 3. The molecule has 1 aromatic heterocycles. The van der Waals surface area contributed by atoms with Crippen LogP contribution in [0.4, 0.5) is 10.6 Å². The number of anilines is 1. The number of nitrogens with one attached hydrogen (secondary N) is 2. The molecule has 4 rings (SSSR count). The number of nitrogens with zero attached hydrogens (tertiary/aromatic N) is 2. The van der Waals surface area contributed by atoms with Crippen molar-refractivity contribution in [2.24, 2.45) is 0 Å². The first-order valence-corrected chi connectivity index (χ1v) is 11.3. The van der Waals surface area contributed by atoms with Crippen LogP contribution in [0.1, 0.15) is 59.9 Å². The zero-order valence-corrected chi connectivity index (χ0v) is 19.5. The summed E-state index contributed by atoms with van der Waals surface area (Å²) in [5, 5.41) is 5.67. The predicted octanol–water partition coefficient (Wildman–Crippen LogP) is 1.79. The van der Waals surface area contributed by atoms with Gasteiger partial charge in [0.1, 0.15) is 11.4 Å². The average Bonchev–Trinajstić information content (AvgIpc) is 3.05. The van der Waals surface area contributed by atoms with Crippen molar-refractivity contribution < 1.29 is 19.1 Å². The average molecular weight is 468 g/mol. The molecule has 2 aliphatic heterocycles. The van der Waals surface area contributed by atoms with Crippen molar-refractivity contribution in [1.82, 2.24) is 20.1 Å². The van der Waals surface area contributed by atoms with Gasteiger partial charge < -0.3 is 20.7 Å². The van der Waals surface area contributed by atoms with E-state index in [1.165, 1.54) is 4.57 Å². The zero-order valence-electron chi connectivity index (χ0n) is 19.5. The molecule has 10 nitrogen and oxygen atoms in total. The molecule has 3 heterocycles. The van der Waals surface area contributed by atoms with E-state index >= 15 is 0 Å². The molecule has 4 N–H and O–H groups in total. The van der Waals surface area contributed by atoms with E-state index < -0.39 is 23.0 Å². The van der Waals surface area contributed by atoms with Crippen molar-refractivity contribution in [3.8, 4) is 5.69 Å². The molecule has 0 aliphatic carbocycles. The molecule has 2 aromatic rings. The number of hydrogen-bond acceptors (Lipinski definition) is 7. The molecule has 2 aliphatic rings. The van der Waals surface area contributed by atoms with Crippen molar-refractivity contribution in [2.45, 2.75) is 51.8 Å². The Hall–Kier alpha value is -3.66. The maximum Gasteiger partial charge on any atom is 0.410 e. The van der Waals surface area contributed by atoms with E-state index in [0.29, 0.717) is 25.3 Å². The van der Waals surface area contributed by atoms with Gasteiger partial charge in [0.05, 0.1) is 16.8 Å². The van der Waals surface area contributed by atoms with Crippen LogP contribution in [0.15, 0.2) is 35.1 Å². The zero-order chi connectivity index (χ0) is 24.6. The number of pyridine rings is 1. The summed E-state index contributed by atoms with van der Waals surface area (Å²) < 4.78 is 6.66. The van der Waals surface area contributed by atoms with Crippen molar-refractivity contribution in [3.05, 3.63) is 57.4 Å². The quantitative estimate of drug-likeness (QED) is 0.583. The molecule has 0 unspecified atom stereocenters. The maximum atomic E-state index is 12.6. The van der Waals surface area contributed by atoms with Crippen molar-refractivity contribution in [1.29, 1.82) is 0 Å². The van der Waals surface area contributed by atoms with Crippen LogP contribution in [0.2, 0.25) is 0 Å². The molecule has 34 heavy (non-hydrogen) atoms. The minimum absolute atomic E-state index is 0.00212. The number of carbonyl (C=O) groups excluding carboxylic acids is 3. The van der Waals surface area contributed by atoms with Crippen LogP contribution in [0.5, 0.6) is 0 Å². The standard InChI is InChI=1S/C24H29N5O5/c1-24(2,3)34-23(33)28-10-8-15(9-11-28)26-13-14-4-6-16(7-5-14)29-18(30)12-17-19(20(29)25)22(32)27-21(17)31/h4-7,12,15,26H,8-11,13,25H2,1-3H3,(H,27,31,32). The molecule has 0 saturated carbocycles. The van der Waals surface area contributed by atoms with E-state index in [0.717, 1.165) is 24.5 Å². The van der Waals surface area contributed by atoms with Gasteiger partial charge in [-0.1, -0.05) is 12.1 Å². The fourth-order valence-corrected chi connectivity index (χ4v) is 4.16. The number of nitrogen functional groups attached to an aromatic ring is 1. The van der Waals surface area contributed by atoms with E-state index in [-0.39, 0.29) is 29.1 Å². The Morgan fingerprint density at radius 2 is 1.76 bits per heavy atom. The van der Waals surface area contributed by atoms with E-state index in [2.05, 4.69) is 10.6 Å². The van der Waals surface area contributed by atoms with Crippen LogP contribution in [-0.4, -0.2) is 52.1 Å². The summed E-state index contributed by atoms with van der Waals surface area (Å²) in [6.07, 6.45) is 1.39.